The zero-order chi connectivity index (χ0) is 22.1. The lowest BCUT2D eigenvalue weighted by Crippen LogP contribution is -2.28. The van der Waals surface area contributed by atoms with Crippen molar-refractivity contribution in [1.29, 1.82) is 0 Å². The summed E-state index contributed by atoms with van der Waals surface area (Å²) < 4.78 is 7.74. The van der Waals surface area contributed by atoms with E-state index in [4.69, 9.17) is 4.74 Å². The Labute approximate surface area is 179 Å². The lowest BCUT2D eigenvalue weighted by atomic mass is 10.1. The molecule has 8 heteroatoms. The summed E-state index contributed by atoms with van der Waals surface area (Å²) in [7, 11) is 1.61. The maximum Gasteiger partial charge on any atom is 0.352 e. The van der Waals surface area contributed by atoms with Crippen molar-refractivity contribution in [2.75, 3.05) is 12.4 Å². The summed E-state index contributed by atoms with van der Waals surface area (Å²) >= 11 is 0. The highest BCUT2D eigenvalue weighted by Gasteiger charge is 2.15. The largest absolute Gasteiger partial charge is 0.497 e. The van der Waals surface area contributed by atoms with E-state index in [0.717, 1.165) is 27.1 Å². The van der Waals surface area contributed by atoms with Crippen molar-refractivity contribution in [3.63, 3.8) is 0 Å². The molecule has 0 aliphatic rings. The minimum Gasteiger partial charge on any atom is -0.497 e. The summed E-state index contributed by atoms with van der Waals surface area (Å²) in [5, 5.41) is 7.17. The number of hydrogen-bond acceptors (Lipinski definition) is 5. The molecule has 0 unspecified atom stereocenters. The molecular formula is C23H23N5O3. The molecule has 0 fully saturated rings. The van der Waals surface area contributed by atoms with Crippen LogP contribution >= 0.6 is 0 Å². The van der Waals surface area contributed by atoms with Crippen molar-refractivity contribution in [3.05, 3.63) is 76.0 Å². The third-order valence-corrected chi connectivity index (χ3v) is 5.21. The fourth-order valence-corrected chi connectivity index (χ4v) is 3.37. The molecule has 2 aromatic heterocycles. The van der Waals surface area contributed by atoms with E-state index in [1.54, 1.807) is 20.1 Å². The third kappa shape index (κ3) is 4.05. The molecule has 0 bridgehead atoms. The fraction of sp³-hybridized carbons (Fsp3) is 0.217. The van der Waals surface area contributed by atoms with Gasteiger partial charge in [0.15, 0.2) is 5.65 Å². The predicted molar refractivity (Wildman–Crippen MR) is 119 cm³/mol. The molecular weight excluding hydrogens is 394 g/mol. The minimum absolute atomic E-state index is 0.190. The second-order valence-corrected chi connectivity index (χ2v) is 7.40. The molecule has 158 valence electrons. The Morgan fingerprint density at radius 1 is 1.03 bits per heavy atom. The van der Waals surface area contributed by atoms with Crippen LogP contribution in [0.25, 0.3) is 16.9 Å². The molecule has 2 heterocycles. The second kappa shape index (κ2) is 8.06. The van der Waals surface area contributed by atoms with Gasteiger partial charge in [0.1, 0.15) is 18.1 Å². The van der Waals surface area contributed by atoms with Crippen LogP contribution in [0.15, 0.2) is 53.3 Å². The van der Waals surface area contributed by atoms with Crippen molar-refractivity contribution in [2.24, 2.45) is 0 Å². The molecule has 1 N–H and O–H groups in total. The molecule has 0 aliphatic carbocycles. The van der Waals surface area contributed by atoms with Crippen molar-refractivity contribution in [1.82, 2.24) is 19.2 Å². The van der Waals surface area contributed by atoms with Gasteiger partial charge >= 0.3 is 5.69 Å². The number of methoxy groups -OCH3 is 1. The van der Waals surface area contributed by atoms with Crippen molar-refractivity contribution in [2.45, 2.75) is 27.3 Å². The van der Waals surface area contributed by atoms with E-state index in [-0.39, 0.29) is 12.5 Å². The Balaban J connectivity index is 1.62. The molecule has 8 nitrogen and oxygen atoms in total. The minimum atomic E-state index is -0.406. The van der Waals surface area contributed by atoms with E-state index in [2.05, 4.69) is 15.4 Å². The number of ether oxygens (including phenoxy) is 1. The van der Waals surface area contributed by atoms with Crippen LogP contribution in [-0.2, 0) is 11.3 Å². The van der Waals surface area contributed by atoms with E-state index < -0.39 is 5.69 Å². The molecule has 1 amide bonds. The van der Waals surface area contributed by atoms with Gasteiger partial charge in [-0.2, -0.15) is 0 Å². The zero-order valence-electron chi connectivity index (χ0n) is 17.8. The fourth-order valence-electron chi connectivity index (χ4n) is 3.37. The van der Waals surface area contributed by atoms with Crippen molar-refractivity contribution in [3.8, 4) is 17.0 Å². The van der Waals surface area contributed by atoms with Gasteiger partial charge in [-0.05, 0) is 68.3 Å². The first-order chi connectivity index (χ1) is 14.9. The van der Waals surface area contributed by atoms with Crippen LogP contribution in [0.4, 0.5) is 5.69 Å². The van der Waals surface area contributed by atoms with Gasteiger partial charge in [0, 0.05) is 17.3 Å². The SMILES string of the molecule is COc1ccc(-c2cc3nn(CC(=O)Nc4ccc(C)c(C)c4)c(=O)n3c(C)n2)cc1. The van der Waals surface area contributed by atoms with Crippen LogP contribution in [0.1, 0.15) is 17.0 Å². The number of carbonyl (C=O) groups excluding carboxylic acids is 1. The normalized spacial score (nSPS) is 11.0. The number of nitrogens with one attached hydrogen (secondary N) is 1. The van der Waals surface area contributed by atoms with E-state index >= 15 is 0 Å². The van der Waals surface area contributed by atoms with Crippen LogP contribution in [0, 0.1) is 20.8 Å². The number of carbonyl (C=O) groups is 1. The van der Waals surface area contributed by atoms with Gasteiger partial charge in [0.25, 0.3) is 0 Å². The number of aromatic nitrogens is 4. The Hall–Kier alpha value is -3.94. The average molecular weight is 417 g/mol. The monoisotopic (exact) mass is 417 g/mol. The summed E-state index contributed by atoms with van der Waals surface area (Å²) in [6.45, 7) is 5.54. The molecule has 0 saturated heterocycles. The molecule has 31 heavy (non-hydrogen) atoms. The molecule has 0 radical (unpaired) electrons. The molecule has 2 aromatic carbocycles. The summed E-state index contributed by atoms with van der Waals surface area (Å²) in [6, 6.07) is 14.9. The summed E-state index contributed by atoms with van der Waals surface area (Å²) in [6.07, 6.45) is 0. The molecule has 0 aliphatic heterocycles. The van der Waals surface area contributed by atoms with Gasteiger partial charge in [-0.3, -0.25) is 4.79 Å². The summed E-state index contributed by atoms with van der Waals surface area (Å²) in [5.41, 5.74) is 4.49. The highest BCUT2D eigenvalue weighted by atomic mass is 16.5. The number of benzene rings is 2. The first-order valence-corrected chi connectivity index (χ1v) is 9.84. The number of amides is 1. The predicted octanol–water partition coefficient (Wildman–Crippen LogP) is 3.13. The molecule has 0 saturated carbocycles. The Kier molecular flexibility index (Phi) is 5.29. The summed E-state index contributed by atoms with van der Waals surface area (Å²) in [4.78, 5) is 29.8. The van der Waals surface area contributed by atoms with E-state index in [0.29, 0.717) is 22.9 Å². The Morgan fingerprint density at radius 2 is 1.77 bits per heavy atom. The van der Waals surface area contributed by atoms with Gasteiger partial charge in [-0.25, -0.2) is 18.9 Å². The topological polar surface area (TPSA) is 90.5 Å². The number of rotatable bonds is 5. The van der Waals surface area contributed by atoms with Crippen LogP contribution in [0.2, 0.25) is 0 Å². The van der Waals surface area contributed by atoms with E-state index in [1.165, 1.54) is 4.40 Å². The molecule has 0 spiro atoms. The van der Waals surface area contributed by atoms with Gasteiger partial charge in [0.2, 0.25) is 5.91 Å². The number of hydrogen-bond donors (Lipinski definition) is 1. The van der Waals surface area contributed by atoms with Crippen molar-refractivity contribution < 1.29 is 9.53 Å². The number of fused-ring (bicyclic) bond motifs is 1. The van der Waals surface area contributed by atoms with E-state index in [9.17, 15) is 9.59 Å². The van der Waals surface area contributed by atoms with Crippen LogP contribution < -0.4 is 15.7 Å². The van der Waals surface area contributed by atoms with Gasteiger partial charge < -0.3 is 10.1 Å². The van der Waals surface area contributed by atoms with Gasteiger partial charge in [-0.1, -0.05) is 6.07 Å². The maximum absolute atomic E-state index is 12.8. The van der Waals surface area contributed by atoms with E-state index in [1.807, 2.05) is 56.3 Å². The molecule has 4 aromatic rings. The average Bonchev–Trinajstić information content (AvgIpc) is 3.06. The lowest BCUT2D eigenvalue weighted by molar-refractivity contribution is -0.117. The van der Waals surface area contributed by atoms with Gasteiger partial charge in [0.05, 0.1) is 12.8 Å². The highest BCUT2D eigenvalue weighted by Crippen LogP contribution is 2.22. The number of anilines is 1. The number of nitrogens with zero attached hydrogens (tertiary/aromatic N) is 4. The van der Waals surface area contributed by atoms with Gasteiger partial charge in [-0.15, -0.1) is 5.10 Å². The maximum atomic E-state index is 12.8. The van der Waals surface area contributed by atoms with Crippen molar-refractivity contribution >= 4 is 17.2 Å². The Bertz CT molecular complexity index is 1340. The smallest absolute Gasteiger partial charge is 0.352 e. The number of aryl methyl sites for hydroxylation is 3. The standard InChI is InChI=1S/C23H23N5O3/c1-14-5-8-18(11-15(14)2)25-22(29)13-27-23(30)28-16(3)24-20(12-21(28)26-27)17-6-9-19(31-4)10-7-17/h5-12H,13H2,1-4H3,(H,25,29). The lowest BCUT2D eigenvalue weighted by Gasteiger charge is -2.07. The first-order valence-electron chi connectivity index (χ1n) is 9.84. The summed E-state index contributed by atoms with van der Waals surface area (Å²) in [5.74, 6) is 0.917. The third-order valence-electron chi connectivity index (χ3n) is 5.21. The first kappa shape index (κ1) is 20.3. The zero-order valence-corrected chi connectivity index (χ0v) is 17.8. The highest BCUT2D eigenvalue weighted by molar-refractivity contribution is 5.90. The van der Waals surface area contributed by atoms with Crippen LogP contribution in [0.3, 0.4) is 0 Å². The molecule has 0 atom stereocenters. The molecule has 4 rings (SSSR count). The second-order valence-electron chi connectivity index (χ2n) is 7.40. The van der Waals surface area contributed by atoms with Crippen LogP contribution in [-0.4, -0.2) is 32.2 Å². The van der Waals surface area contributed by atoms with Crippen LogP contribution in [0.5, 0.6) is 5.75 Å². The Morgan fingerprint density at radius 3 is 2.45 bits per heavy atom. The quantitative estimate of drug-likeness (QED) is 0.539.